The number of rotatable bonds is 7. The van der Waals surface area contributed by atoms with Crippen LogP contribution < -0.4 is 5.32 Å². The van der Waals surface area contributed by atoms with Crippen molar-refractivity contribution in [2.45, 2.75) is 53.1 Å². The van der Waals surface area contributed by atoms with Crippen molar-refractivity contribution >= 4 is 0 Å². The summed E-state index contributed by atoms with van der Waals surface area (Å²) >= 11 is 0. The summed E-state index contributed by atoms with van der Waals surface area (Å²) in [6.45, 7) is 10.7. The van der Waals surface area contributed by atoms with Gasteiger partial charge in [0.25, 0.3) is 0 Å². The zero-order valence-electron chi connectivity index (χ0n) is 13.7. The zero-order chi connectivity index (χ0) is 15.2. The first-order valence-corrected chi connectivity index (χ1v) is 7.98. The molecule has 3 heteroatoms. The summed E-state index contributed by atoms with van der Waals surface area (Å²) in [5.74, 6) is 0. The van der Waals surface area contributed by atoms with Crippen LogP contribution in [-0.2, 0) is 6.54 Å². The SMILES string of the molecule is CCCNC(CC)c1c(C)nn(Cc2ccccc2)c1C. The summed E-state index contributed by atoms with van der Waals surface area (Å²) in [6.07, 6.45) is 2.26. The molecule has 0 aliphatic heterocycles. The van der Waals surface area contributed by atoms with Gasteiger partial charge < -0.3 is 5.32 Å². The molecule has 0 aliphatic carbocycles. The van der Waals surface area contributed by atoms with E-state index in [1.165, 1.54) is 16.8 Å². The number of benzene rings is 1. The lowest BCUT2D eigenvalue weighted by Crippen LogP contribution is -2.22. The van der Waals surface area contributed by atoms with E-state index >= 15 is 0 Å². The molecule has 0 spiro atoms. The molecule has 114 valence electrons. The van der Waals surface area contributed by atoms with Crippen molar-refractivity contribution in [3.8, 4) is 0 Å². The largest absolute Gasteiger partial charge is 0.310 e. The van der Waals surface area contributed by atoms with Gasteiger partial charge in [-0.2, -0.15) is 5.10 Å². The second kappa shape index (κ2) is 7.41. The molecule has 0 fully saturated rings. The monoisotopic (exact) mass is 285 g/mol. The number of nitrogens with zero attached hydrogens (tertiary/aromatic N) is 2. The Kier molecular flexibility index (Phi) is 5.57. The fraction of sp³-hybridized carbons (Fsp3) is 0.500. The molecule has 1 unspecified atom stereocenters. The van der Waals surface area contributed by atoms with Gasteiger partial charge in [-0.05, 0) is 38.8 Å². The molecule has 1 aromatic heterocycles. The van der Waals surface area contributed by atoms with Crippen LogP contribution in [0.2, 0.25) is 0 Å². The fourth-order valence-corrected chi connectivity index (χ4v) is 2.89. The molecule has 1 aromatic carbocycles. The predicted octanol–water partition coefficient (Wildman–Crippen LogP) is 4.00. The molecule has 0 bridgehead atoms. The predicted molar refractivity (Wildman–Crippen MR) is 88.6 cm³/mol. The van der Waals surface area contributed by atoms with Gasteiger partial charge in [0.05, 0.1) is 12.2 Å². The van der Waals surface area contributed by atoms with E-state index in [0.717, 1.165) is 31.6 Å². The molecule has 0 saturated carbocycles. The number of nitrogens with one attached hydrogen (secondary N) is 1. The lowest BCUT2D eigenvalue weighted by molar-refractivity contribution is 0.513. The van der Waals surface area contributed by atoms with Crippen LogP contribution in [0.5, 0.6) is 0 Å². The van der Waals surface area contributed by atoms with Gasteiger partial charge in [0, 0.05) is 17.3 Å². The molecule has 2 rings (SSSR count). The highest BCUT2D eigenvalue weighted by Crippen LogP contribution is 2.24. The summed E-state index contributed by atoms with van der Waals surface area (Å²) in [7, 11) is 0. The molecule has 1 N–H and O–H groups in total. The van der Waals surface area contributed by atoms with Crippen LogP contribution in [0, 0.1) is 13.8 Å². The Hall–Kier alpha value is -1.61. The highest BCUT2D eigenvalue weighted by atomic mass is 15.3. The lowest BCUT2D eigenvalue weighted by Gasteiger charge is -2.17. The first-order valence-electron chi connectivity index (χ1n) is 7.98. The molecule has 1 heterocycles. The van der Waals surface area contributed by atoms with Crippen molar-refractivity contribution < 1.29 is 0 Å². The van der Waals surface area contributed by atoms with E-state index in [4.69, 9.17) is 5.10 Å². The molecule has 1 atom stereocenters. The molecular weight excluding hydrogens is 258 g/mol. The third-order valence-corrected chi connectivity index (χ3v) is 4.01. The van der Waals surface area contributed by atoms with Gasteiger partial charge in [0.15, 0.2) is 0 Å². The highest BCUT2D eigenvalue weighted by molar-refractivity contribution is 5.29. The Morgan fingerprint density at radius 3 is 2.48 bits per heavy atom. The normalized spacial score (nSPS) is 12.6. The Labute approximate surface area is 128 Å². The van der Waals surface area contributed by atoms with Crippen molar-refractivity contribution in [1.82, 2.24) is 15.1 Å². The van der Waals surface area contributed by atoms with E-state index in [0.29, 0.717) is 6.04 Å². The van der Waals surface area contributed by atoms with Crippen LogP contribution in [0.25, 0.3) is 0 Å². The minimum atomic E-state index is 0.412. The van der Waals surface area contributed by atoms with E-state index in [-0.39, 0.29) is 0 Å². The Balaban J connectivity index is 2.24. The second-order valence-electron chi connectivity index (χ2n) is 5.64. The first kappa shape index (κ1) is 15.8. The second-order valence-corrected chi connectivity index (χ2v) is 5.64. The first-order chi connectivity index (χ1) is 10.2. The van der Waals surface area contributed by atoms with E-state index < -0.39 is 0 Å². The van der Waals surface area contributed by atoms with Crippen molar-refractivity contribution in [2.75, 3.05) is 6.54 Å². The summed E-state index contributed by atoms with van der Waals surface area (Å²) in [5.41, 5.74) is 5.11. The third-order valence-electron chi connectivity index (χ3n) is 4.01. The van der Waals surface area contributed by atoms with Gasteiger partial charge in [0.1, 0.15) is 0 Å². The molecule has 0 radical (unpaired) electrons. The molecule has 0 saturated heterocycles. The Morgan fingerprint density at radius 2 is 1.86 bits per heavy atom. The smallest absolute Gasteiger partial charge is 0.0662 e. The fourth-order valence-electron chi connectivity index (χ4n) is 2.89. The summed E-state index contributed by atoms with van der Waals surface area (Å²) in [4.78, 5) is 0. The van der Waals surface area contributed by atoms with Crippen LogP contribution in [0.1, 0.15) is 55.2 Å². The van der Waals surface area contributed by atoms with Gasteiger partial charge in [-0.25, -0.2) is 0 Å². The van der Waals surface area contributed by atoms with Crippen LogP contribution in [0.15, 0.2) is 30.3 Å². The maximum absolute atomic E-state index is 4.76. The number of aryl methyl sites for hydroxylation is 1. The van der Waals surface area contributed by atoms with Crippen molar-refractivity contribution in [3.63, 3.8) is 0 Å². The van der Waals surface area contributed by atoms with Crippen LogP contribution >= 0.6 is 0 Å². The van der Waals surface area contributed by atoms with Crippen molar-refractivity contribution in [2.24, 2.45) is 0 Å². The van der Waals surface area contributed by atoms with Crippen LogP contribution in [0.3, 0.4) is 0 Å². The van der Waals surface area contributed by atoms with Gasteiger partial charge in [-0.3, -0.25) is 4.68 Å². The summed E-state index contributed by atoms with van der Waals surface area (Å²) in [6, 6.07) is 10.9. The Morgan fingerprint density at radius 1 is 1.14 bits per heavy atom. The minimum Gasteiger partial charge on any atom is -0.310 e. The number of hydrogen-bond donors (Lipinski definition) is 1. The van der Waals surface area contributed by atoms with E-state index in [9.17, 15) is 0 Å². The van der Waals surface area contributed by atoms with E-state index in [1.54, 1.807) is 0 Å². The number of aromatic nitrogens is 2. The molecule has 3 nitrogen and oxygen atoms in total. The lowest BCUT2D eigenvalue weighted by atomic mass is 10.0. The van der Waals surface area contributed by atoms with E-state index in [1.807, 2.05) is 0 Å². The van der Waals surface area contributed by atoms with Gasteiger partial charge >= 0.3 is 0 Å². The maximum Gasteiger partial charge on any atom is 0.0662 e. The van der Waals surface area contributed by atoms with Gasteiger partial charge in [-0.1, -0.05) is 44.2 Å². The summed E-state index contributed by atoms with van der Waals surface area (Å²) < 4.78 is 2.14. The standard InChI is InChI=1S/C18H27N3/c1-5-12-19-17(6-2)18-14(3)20-21(15(18)4)13-16-10-8-7-9-11-16/h7-11,17,19H,5-6,12-13H2,1-4H3. The van der Waals surface area contributed by atoms with Crippen molar-refractivity contribution in [1.29, 1.82) is 0 Å². The molecule has 2 aromatic rings. The molecule has 0 amide bonds. The molecule has 21 heavy (non-hydrogen) atoms. The minimum absolute atomic E-state index is 0.412. The van der Waals surface area contributed by atoms with Crippen LogP contribution in [-0.4, -0.2) is 16.3 Å². The summed E-state index contributed by atoms with van der Waals surface area (Å²) in [5, 5.41) is 8.40. The quantitative estimate of drug-likeness (QED) is 0.833. The average molecular weight is 285 g/mol. The Bertz CT molecular complexity index is 557. The average Bonchev–Trinajstić information content (AvgIpc) is 2.77. The zero-order valence-corrected chi connectivity index (χ0v) is 13.7. The molecule has 0 aliphatic rings. The highest BCUT2D eigenvalue weighted by Gasteiger charge is 2.19. The van der Waals surface area contributed by atoms with E-state index in [2.05, 4.69) is 68.0 Å². The van der Waals surface area contributed by atoms with Gasteiger partial charge in [0.2, 0.25) is 0 Å². The van der Waals surface area contributed by atoms with Crippen LogP contribution in [0.4, 0.5) is 0 Å². The van der Waals surface area contributed by atoms with Gasteiger partial charge in [-0.15, -0.1) is 0 Å². The number of hydrogen-bond acceptors (Lipinski definition) is 2. The maximum atomic E-state index is 4.76. The topological polar surface area (TPSA) is 29.9 Å². The molecular formula is C18H27N3. The third kappa shape index (κ3) is 3.73. The van der Waals surface area contributed by atoms with Crippen molar-refractivity contribution in [3.05, 3.63) is 52.8 Å².